The first-order valence-electron chi connectivity index (χ1n) is 11.6. The van der Waals surface area contributed by atoms with Crippen LogP contribution < -0.4 is 15.5 Å². The lowest BCUT2D eigenvalue weighted by Gasteiger charge is -2.21. The third-order valence-corrected chi connectivity index (χ3v) is 6.72. The van der Waals surface area contributed by atoms with Gasteiger partial charge >= 0.3 is 6.18 Å². The Kier molecular flexibility index (Phi) is 7.84. The van der Waals surface area contributed by atoms with Crippen LogP contribution in [0.2, 0.25) is 5.15 Å². The van der Waals surface area contributed by atoms with Crippen LogP contribution in [0, 0.1) is 18.6 Å². The van der Waals surface area contributed by atoms with Crippen LogP contribution in [0.15, 0.2) is 51.7 Å². The third kappa shape index (κ3) is 6.33. The quantitative estimate of drug-likeness (QED) is 0.202. The molecule has 0 fully saturated rings. The summed E-state index contributed by atoms with van der Waals surface area (Å²) < 4.78 is 99.8. The average molecular weight is 616 g/mol. The summed E-state index contributed by atoms with van der Waals surface area (Å²) in [7, 11) is -4.01. The van der Waals surface area contributed by atoms with Gasteiger partial charge in [0.25, 0.3) is 5.91 Å². The number of anilines is 1. The molecule has 2 N–H and O–H groups in total. The average Bonchev–Trinajstić information content (AvgIpc) is 2.86. The van der Waals surface area contributed by atoms with Crippen molar-refractivity contribution in [3.05, 3.63) is 91.9 Å². The highest BCUT2D eigenvalue weighted by molar-refractivity contribution is 7.89. The van der Waals surface area contributed by atoms with Gasteiger partial charge in [0.05, 0.1) is 28.9 Å². The minimum absolute atomic E-state index is 0.0338. The van der Waals surface area contributed by atoms with E-state index in [0.717, 1.165) is 30.5 Å². The first kappa shape index (κ1) is 29.9. The van der Waals surface area contributed by atoms with Crippen LogP contribution in [0.3, 0.4) is 0 Å². The molecule has 1 atom stereocenters. The second-order valence-corrected chi connectivity index (χ2v) is 11.2. The Morgan fingerprint density at radius 2 is 1.76 bits per heavy atom. The van der Waals surface area contributed by atoms with Gasteiger partial charge in [0.15, 0.2) is 22.8 Å². The molecular weight excluding hydrogens is 597 g/mol. The fourth-order valence-electron chi connectivity index (χ4n) is 4.07. The van der Waals surface area contributed by atoms with Crippen molar-refractivity contribution in [3.8, 4) is 11.3 Å². The number of halogens is 6. The van der Waals surface area contributed by atoms with Gasteiger partial charge in [0.2, 0.25) is 10.0 Å². The molecule has 0 bridgehead atoms. The number of fused-ring (bicyclic) bond motifs is 1. The maximum atomic E-state index is 14.0. The molecule has 15 heteroatoms. The molecule has 2 aromatic carbocycles. The minimum Gasteiger partial charge on any atom is -0.455 e. The van der Waals surface area contributed by atoms with Crippen LogP contribution in [0.1, 0.15) is 40.1 Å². The Balaban J connectivity index is 1.93. The molecular formula is C26H19ClF5N3O5S. The highest BCUT2D eigenvalue weighted by Crippen LogP contribution is 2.37. The Labute approximate surface area is 234 Å². The van der Waals surface area contributed by atoms with Crippen LogP contribution in [-0.4, -0.2) is 25.6 Å². The van der Waals surface area contributed by atoms with Crippen molar-refractivity contribution in [2.75, 3.05) is 11.6 Å². The summed E-state index contributed by atoms with van der Waals surface area (Å²) in [6.45, 7) is 2.66. The van der Waals surface area contributed by atoms with Gasteiger partial charge in [-0.05, 0) is 56.3 Å². The maximum absolute atomic E-state index is 14.0. The number of aromatic nitrogens is 1. The Morgan fingerprint density at radius 1 is 1.07 bits per heavy atom. The predicted octanol–water partition coefficient (Wildman–Crippen LogP) is 5.98. The monoisotopic (exact) mass is 615 g/mol. The van der Waals surface area contributed by atoms with Crippen LogP contribution in [0.4, 0.5) is 27.6 Å². The minimum atomic E-state index is -4.87. The van der Waals surface area contributed by atoms with E-state index in [9.17, 15) is 40.0 Å². The number of alkyl halides is 3. The van der Waals surface area contributed by atoms with Gasteiger partial charge in [-0.3, -0.25) is 9.59 Å². The highest BCUT2D eigenvalue weighted by Gasteiger charge is 2.33. The molecule has 0 spiro atoms. The van der Waals surface area contributed by atoms with E-state index in [-0.39, 0.29) is 38.9 Å². The van der Waals surface area contributed by atoms with Crippen LogP contribution in [0.25, 0.3) is 22.3 Å². The second-order valence-electron chi connectivity index (χ2n) is 9.05. The summed E-state index contributed by atoms with van der Waals surface area (Å²) in [5, 5.41) is 2.18. The number of nitrogens with one attached hydrogen (secondary N) is 2. The number of carbonyl (C=O) groups is 1. The van der Waals surface area contributed by atoms with Crippen molar-refractivity contribution >= 4 is 44.2 Å². The highest BCUT2D eigenvalue weighted by atomic mass is 35.5. The SMILES string of the molecule is Cc1c(-c2ccc(F)c(F)c2)oc2c(C(C)Nc3ccc(Cl)nc3C(=O)NS(C)(=O)=O)cc(C(F)(F)F)cc2c1=O. The Morgan fingerprint density at radius 3 is 2.37 bits per heavy atom. The smallest absolute Gasteiger partial charge is 0.416 e. The number of sulfonamides is 1. The topological polar surface area (TPSA) is 118 Å². The molecule has 2 heterocycles. The zero-order valence-electron chi connectivity index (χ0n) is 21.3. The summed E-state index contributed by atoms with van der Waals surface area (Å²) >= 11 is 5.87. The molecule has 4 aromatic rings. The summed E-state index contributed by atoms with van der Waals surface area (Å²) in [5.41, 5.74) is -3.27. The van der Waals surface area contributed by atoms with Crippen molar-refractivity contribution in [2.24, 2.45) is 0 Å². The van der Waals surface area contributed by atoms with E-state index in [1.807, 2.05) is 0 Å². The number of benzene rings is 2. The van der Waals surface area contributed by atoms with Crippen molar-refractivity contribution in [1.82, 2.24) is 9.71 Å². The van der Waals surface area contributed by atoms with Gasteiger partial charge < -0.3 is 9.73 Å². The predicted molar refractivity (Wildman–Crippen MR) is 141 cm³/mol. The van der Waals surface area contributed by atoms with E-state index in [0.29, 0.717) is 6.07 Å². The van der Waals surface area contributed by atoms with Gasteiger partial charge in [-0.25, -0.2) is 26.9 Å². The molecule has 0 saturated carbocycles. The molecule has 4 rings (SSSR count). The van der Waals surface area contributed by atoms with E-state index in [4.69, 9.17) is 16.0 Å². The number of rotatable bonds is 6. The fraction of sp³-hybridized carbons (Fsp3) is 0.192. The van der Waals surface area contributed by atoms with Crippen LogP contribution in [0.5, 0.6) is 0 Å². The van der Waals surface area contributed by atoms with Crippen LogP contribution in [-0.2, 0) is 16.2 Å². The van der Waals surface area contributed by atoms with E-state index in [1.54, 1.807) is 4.72 Å². The first-order valence-corrected chi connectivity index (χ1v) is 13.8. The number of hydrogen-bond donors (Lipinski definition) is 2. The van der Waals surface area contributed by atoms with Crippen molar-refractivity contribution in [2.45, 2.75) is 26.1 Å². The van der Waals surface area contributed by atoms with E-state index in [2.05, 4.69) is 10.3 Å². The number of amides is 1. The molecule has 8 nitrogen and oxygen atoms in total. The number of carbonyl (C=O) groups excluding carboxylic acids is 1. The molecule has 1 amide bonds. The molecule has 0 aliphatic rings. The third-order valence-electron chi connectivity index (χ3n) is 5.95. The van der Waals surface area contributed by atoms with Gasteiger partial charge in [-0.1, -0.05) is 11.6 Å². The van der Waals surface area contributed by atoms with Crippen molar-refractivity contribution in [3.63, 3.8) is 0 Å². The normalized spacial score (nSPS) is 12.8. The lowest BCUT2D eigenvalue weighted by Crippen LogP contribution is -2.31. The van der Waals surface area contributed by atoms with Crippen LogP contribution >= 0.6 is 11.6 Å². The van der Waals surface area contributed by atoms with E-state index in [1.165, 1.54) is 26.0 Å². The molecule has 2 aromatic heterocycles. The lowest BCUT2D eigenvalue weighted by atomic mass is 9.98. The summed E-state index contributed by atoms with van der Waals surface area (Å²) in [4.78, 5) is 29.6. The standard InChI is InChI=1S/C26H19ClF5N3O5S/c1-11-22(36)16-10-14(26(30,31)32)9-15(24(16)40-23(11)13-4-5-17(28)18(29)8-13)12(2)33-19-6-7-20(27)34-21(19)25(37)35-41(3,38)39/h4-10,12,33H,1-3H3,(H,35,37). The number of pyridine rings is 1. The lowest BCUT2D eigenvalue weighted by molar-refractivity contribution is -0.137. The summed E-state index contributed by atoms with van der Waals surface area (Å²) in [6.07, 6.45) is -4.14. The molecule has 0 aliphatic heterocycles. The largest absolute Gasteiger partial charge is 0.455 e. The van der Waals surface area contributed by atoms with Gasteiger partial charge in [-0.2, -0.15) is 13.2 Å². The summed E-state index contributed by atoms with van der Waals surface area (Å²) in [6, 6.07) is 5.46. The zero-order chi connectivity index (χ0) is 30.4. The molecule has 0 saturated heterocycles. The summed E-state index contributed by atoms with van der Waals surface area (Å²) in [5.74, 6) is -3.75. The Hall–Kier alpha value is -4.04. The Bertz CT molecular complexity index is 1880. The maximum Gasteiger partial charge on any atom is 0.416 e. The van der Waals surface area contributed by atoms with E-state index < -0.39 is 61.9 Å². The van der Waals surface area contributed by atoms with E-state index >= 15 is 0 Å². The molecule has 0 aliphatic carbocycles. The molecule has 41 heavy (non-hydrogen) atoms. The molecule has 1 unspecified atom stereocenters. The molecule has 216 valence electrons. The number of hydrogen-bond acceptors (Lipinski definition) is 7. The fourth-order valence-corrected chi connectivity index (χ4v) is 4.65. The van der Waals surface area contributed by atoms with Crippen molar-refractivity contribution < 1.29 is 39.6 Å². The van der Waals surface area contributed by atoms with Crippen molar-refractivity contribution in [1.29, 1.82) is 0 Å². The van der Waals surface area contributed by atoms with Gasteiger partial charge in [-0.15, -0.1) is 0 Å². The zero-order valence-corrected chi connectivity index (χ0v) is 22.9. The van der Waals surface area contributed by atoms with Gasteiger partial charge in [0, 0.05) is 16.7 Å². The molecule has 0 radical (unpaired) electrons. The van der Waals surface area contributed by atoms with Gasteiger partial charge in [0.1, 0.15) is 16.5 Å². The first-order chi connectivity index (χ1) is 19.0. The number of nitrogens with zero attached hydrogens (tertiary/aromatic N) is 1. The second kappa shape index (κ2) is 10.7.